The van der Waals surface area contributed by atoms with Crippen molar-refractivity contribution in [2.24, 2.45) is 0 Å². The number of rotatable bonds is 5. The molecule has 0 radical (unpaired) electrons. The van der Waals surface area contributed by atoms with E-state index in [0.29, 0.717) is 18.0 Å². The van der Waals surface area contributed by atoms with Crippen LogP contribution in [0.25, 0.3) is 5.65 Å². The van der Waals surface area contributed by atoms with Crippen LogP contribution in [0, 0.1) is 0 Å². The Morgan fingerprint density at radius 3 is 2.80 bits per heavy atom. The van der Waals surface area contributed by atoms with Crippen LogP contribution in [0.2, 0.25) is 0 Å². The Kier molecular flexibility index (Phi) is 4.01. The molecule has 2 aromatic heterocycles. The van der Waals surface area contributed by atoms with Gasteiger partial charge < -0.3 is 14.6 Å². The quantitative estimate of drug-likeness (QED) is 0.918. The molecule has 0 aliphatic rings. The first kappa shape index (κ1) is 14.4. The van der Waals surface area contributed by atoms with Gasteiger partial charge >= 0.3 is 6.18 Å². The summed E-state index contributed by atoms with van der Waals surface area (Å²) in [4.78, 5) is 9.34. The number of nitrogens with zero attached hydrogens (tertiary/aromatic N) is 4. The van der Waals surface area contributed by atoms with Gasteiger partial charge in [0.25, 0.3) is 0 Å². The van der Waals surface area contributed by atoms with E-state index in [9.17, 15) is 13.2 Å². The zero-order chi connectivity index (χ0) is 14.8. The van der Waals surface area contributed by atoms with Crippen molar-refractivity contribution in [2.45, 2.75) is 19.5 Å². The molecule has 0 aliphatic heterocycles. The van der Waals surface area contributed by atoms with Crippen LogP contribution < -0.4 is 10.2 Å². The molecule has 8 heteroatoms. The summed E-state index contributed by atoms with van der Waals surface area (Å²) < 4.78 is 39.2. The third kappa shape index (κ3) is 3.31. The maximum absolute atomic E-state index is 12.5. The number of aromatic nitrogens is 3. The van der Waals surface area contributed by atoms with Gasteiger partial charge in [0.2, 0.25) is 0 Å². The highest BCUT2D eigenvalue weighted by molar-refractivity contribution is 5.66. The third-order valence-electron chi connectivity index (χ3n) is 2.69. The smallest absolute Gasteiger partial charge is 0.369 e. The van der Waals surface area contributed by atoms with Gasteiger partial charge in [0.05, 0.1) is 6.20 Å². The van der Waals surface area contributed by atoms with E-state index < -0.39 is 12.7 Å². The van der Waals surface area contributed by atoms with Gasteiger partial charge in [-0.15, -0.1) is 0 Å². The second-order valence-corrected chi connectivity index (χ2v) is 4.51. The fourth-order valence-corrected chi connectivity index (χ4v) is 1.85. The molecule has 0 saturated carbocycles. The summed E-state index contributed by atoms with van der Waals surface area (Å²) in [5, 5.41) is 3.07. The van der Waals surface area contributed by atoms with Gasteiger partial charge in [-0.1, -0.05) is 6.92 Å². The predicted molar refractivity (Wildman–Crippen MR) is 71.1 cm³/mol. The van der Waals surface area contributed by atoms with Crippen molar-refractivity contribution < 1.29 is 13.2 Å². The van der Waals surface area contributed by atoms with Crippen molar-refractivity contribution >= 4 is 17.3 Å². The lowest BCUT2D eigenvalue weighted by atomic mass is 10.4. The maximum Gasteiger partial charge on any atom is 0.405 e. The number of alkyl halides is 3. The average Bonchev–Trinajstić information content (AvgIpc) is 2.81. The summed E-state index contributed by atoms with van der Waals surface area (Å²) in [6.07, 6.45) is 1.54. The van der Waals surface area contributed by atoms with E-state index in [0.717, 1.165) is 11.3 Å². The molecule has 2 aromatic rings. The molecular weight excluding hydrogens is 271 g/mol. The third-order valence-corrected chi connectivity index (χ3v) is 2.69. The SMILES string of the molecule is CCCNc1cn2ccnc2c(N(C)CC(F)(F)F)n1. The Morgan fingerprint density at radius 1 is 1.40 bits per heavy atom. The molecule has 0 unspecified atom stereocenters. The van der Waals surface area contributed by atoms with Gasteiger partial charge in [0.1, 0.15) is 12.4 Å². The molecule has 2 rings (SSSR count). The minimum absolute atomic E-state index is 0.202. The zero-order valence-electron chi connectivity index (χ0n) is 11.3. The molecule has 110 valence electrons. The van der Waals surface area contributed by atoms with Gasteiger partial charge in [0, 0.05) is 26.0 Å². The number of hydrogen-bond acceptors (Lipinski definition) is 4. The Hall–Kier alpha value is -1.99. The molecule has 20 heavy (non-hydrogen) atoms. The first-order valence-electron chi connectivity index (χ1n) is 6.26. The van der Waals surface area contributed by atoms with E-state index in [1.54, 1.807) is 16.8 Å². The number of fused-ring (bicyclic) bond motifs is 1. The van der Waals surface area contributed by atoms with Crippen LogP contribution in [-0.2, 0) is 0 Å². The number of halogens is 3. The van der Waals surface area contributed by atoms with Crippen molar-refractivity contribution in [2.75, 3.05) is 30.4 Å². The Labute approximate surface area is 114 Å². The highest BCUT2D eigenvalue weighted by atomic mass is 19.4. The van der Waals surface area contributed by atoms with Crippen LogP contribution in [-0.4, -0.2) is 40.7 Å². The van der Waals surface area contributed by atoms with Crippen LogP contribution in [0.3, 0.4) is 0 Å². The summed E-state index contributed by atoms with van der Waals surface area (Å²) in [6.45, 7) is 1.63. The molecule has 1 N–H and O–H groups in total. The fraction of sp³-hybridized carbons (Fsp3) is 0.500. The van der Waals surface area contributed by atoms with Gasteiger partial charge in [0.15, 0.2) is 11.5 Å². The second kappa shape index (κ2) is 5.56. The minimum Gasteiger partial charge on any atom is -0.369 e. The summed E-state index contributed by atoms with van der Waals surface area (Å²) in [7, 11) is 1.36. The Morgan fingerprint density at radius 2 is 2.15 bits per heavy atom. The molecule has 0 aromatic carbocycles. The first-order chi connectivity index (χ1) is 9.40. The van der Waals surface area contributed by atoms with Crippen LogP contribution in [0.5, 0.6) is 0 Å². The molecule has 2 heterocycles. The molecule has 0 amide bonds. The zero-order valence-corrected chi connectivity index (χ0v) is 11.3. The van der Waals surface area contributed by atoms with Crippen molar-refractivity contribution in [1.82, 2.24) is 14.4 Å². The van der Waals surface area contributed by atoms with E-state index in [2.05, 4.69) is 15.3 Å². The first-order valence-corrected chi connectivity index (χ1v) is 6.26. The average molecular weight is 287 g/mol. The van der Waals surface area contributed by atoms with Crippen LogP contribution in [0.4, 0.5) is 24.8 Å². The molecular formula is C12H16F3N5. The summed E-state index contributed by atoms with van der Waals surface area (Å²) in [6, 6.07) is 0. The van der Waals surface area contributed by atoms with E-state index in [1.807, 2.05) is 6.92 Å². The lowest BCUT2D eigenvalue weighted by Gasteiger charge is -2.21. The minimum atomic E-state index is -4.28. The highest BCUT2D eigenvalue weighted by Crippen LogP contribution is 2.23. The molecule has 0 saturated heterocycles. The normalized spacial score (nSPS) is 11.8. The van der Waals surface area contributed by atoms with Crippen molar-refractivity contribution in [3.05, 3.63) is 18.6 Å². The summed E-state index contributed by atoms with van der Waals surface area (Å²) in [5.41, 5.74) is 0.402. The summed E-state index contributed by atoms with van der Waals surface area (Å²) >= 11 is 0. The van der Waals surface area contributed by atoms with Gasteiger partial charge in [-0.25, -0.2) is 9.97 Å². The fourth-order valence-electron chi connectivity index (χ4n) is 1.85. The lowest BCUT2D eigenvalue weighted by molar-refractivity contribution is -0.119. The summed E-state index contributed by atoms with van der Waals surface area (Å²) in [5.74, 6) is 0.731. The van der Waals surface area contributed by atoms with Crippen molar-refractivity contribution in [1.29, 1.82) is 0 Å². The maximum atomic E-state index is 12.5. The monoisotopic (exact) mass is 287 g/mol. The van der Waals surface area contributed by atoms with Crippen LogP contribution >= 0.6 is 0 Å². The van der Waals surface area contributed by atoms with E-state index in [-0.39, 0.29) is 5.82 Å². The number of anilines is 2. The second-order valence-electron chi connectivity index (χ2n) is 4.51. The molecule has 5 nitrogen and oxygen atoms in total. The molecule has 0 fully saturated rings. The molecule has 0 bridgehead atoms. The van der Waals surface area contributed by atoms with Crippen molar-refractivity contribution in [3.8, 4) is 0 Å². The van der Waals surface area contributed by atoms with E-state index in [1.165, 1.54) is 13.2 Å². The Bertz CT molecular complexity index is 578. The molecule has 0 aliphatic carbocycles. The number of imidazole rings is 1. The largest absolute Gasteiger partial charge is 0.405 e. The topological polar surface area (TPSA) is 45.5 Å². The van der Waals surface area contributed by atoms with Crippen molar-refractivity contribution in [3.63, 3.8) is 0 Å². The number of hydrogen-bond donors (Lipinski definition) is 1. The van der Waals surface area contributed by atoms with Gasteiger partial charge in [-0.2, -0.15) is 13.2 Å². The predicted octanol–water partition coefficient (Wildman–Crippen LogP) is 2.55. The van der Waals surface area contributed by atoms with Gasteiger partial charge in [-0.3, -0.25) is 0 Å². The van der Waals surface area contributed by atoms with E-state index >= 15 is 0 Å². The number of nitrogens with one attached hydrogen (secondary N) is 1. The van der Waals surface area contributed by atoms with Gasteiger partial charge in [-0.05, 0) is 6.42 Å². The van der Waals surface area contributed by atoms with Crippen LogP contribution in [0.15, 0.2) is 18.6 Å². The molecule has 0 spiro atoms. The highest BCUT2D eigenvalue weighted by Gasteiger charge is 2.30. The molecule has 0 atom stereocenters. The Balaban J connectivity index is 2.36. The lowest BCUT2D eigenvalue weighted by Crippen LogP contribution is -2.32. The van der Waals surface area contributed by atoms with E-state index in [4.69, 9.17) is 0 Å². The van der Waals surface area contributed by atoms with Crippen LogP contribution in [0.1, 0.15) is 13.3 Å². The standard InChI is InChI=1S/C12H16F3N5/c1-3-4-16-9-7-20-6-5-17-10(20)11(18-9)19(2)8-12(13,14)15/h5-7,16H,3-4,8H2,1-2H3.